The molecule has 6 heteroatoms. The van der Waals surface area contributed by atoms with Crippen molar-refractivity contribution in [3.63, 3.8) is 0 Å². The summed E-state index contributed by atoms with van der Waals surface area (Å²) in [5.41, 5.74) is 2.22. The third-order valence-electron chi connectivity index (χ3n) is 1.99. The molecule has 0 bridgehead atoms. The molecule has 2 aromatic rings. The summed E-state index contributed by atoms with van der Waals surface area (Å²) in [5.74, 6) is 0.652. The molecule has 2 rings (SSSR count). The molecule has 0 saturated heterocycles. The fourth-order valence-corrected chi connectivity index (χ4v) is 2.88. The smallest absolute Gasteiger partial charge is 0.210 e. The molecule has 1 aromatic carbocycles. The van der Waals surface area contributed by atoms with E-state index < -0.39 is 0 Å². The van der Waals surface area contributed by atoms with E-state index in [-0.39, 0.29) is 6.61 Å². The average molecular weight is 267 g/mol. The third-order valence-corrected chi connectivity index (χ3v) is 3.94. The van der Waals surface area contributed by atoms with Crippen LogP contribution in [0.5, 0.6) is 0 Å². The molecular formula is C11H13N3OS2. The number of aryl methyl sites for hydroxylation is 1. The van der Waals surface area contributed by atoms with Crippen LogP contribution in [0.1, 0.15) is 5.56 Å². The van der Waals surface area contributed by atoms with Gasteiger partial charge in [-0.3, -0.25) is 0 Å². The van der Waals surface area contributed by atoms with Crippen LogP contribution in [0.3, 0.4) is 0 Å². The molecular weight excluding hydrogens is 254 g/mol. The summed E-state index contributed by atoms with van der Waals surface area (Å²) in [5, 5.41) is 20.8. The number of thioether (sulfide) groups is 1. The van der Waals surface area contributed by atoms with Gasteiger partial charge in [0.15, 0.2) is 4.34 Å². The van der Waals surface area contributed by atoms with E-state index in [1.54, 1.807) is 0 Å². The molecule has 0 fully saturated rings. The highest BCUT2D eigenvalue weighted by Gasteiger charge is 2.04. The number of hydrogen-bond donors (Lipinski definition) is 2. The minimum Gasteiger partial charge on any atom is -0.396 e. The Hall–Kier alpha value is -1.11. The summed E-state index contributed by atoms with van der Waals surface area (Å²) in [6, 6.07) is 8.10. The first-order valence-corrected chi connectivity index (χ1v) is 6.99. The number of rotatable bonds is 5. The SMILES string of the molecule is Cc1cccc(Nc2nnc(SCCO)s2)c1. The highest BCUT2D eigenvalue weighted by Crippen LogP contribution is 2.27. The van der Waals surface area contributed by atoms with Crippen molar-refractivity contribution in [2.24, 2.45) is 0 Å². The Balaban J connectivity index is 2.01. The minimum atomic E-state index is 0.158. The van der Waals surface area contributed by atoms with Gasteiger partial charge < -0.3 is 10.4 Å². The summed E-state index contributed by atoms with van der Waals surface area (Å²) in [6.07, 6.45) is 0. The van der Waals surface area contributed by atoms with E-state index in [0.717, 1.165) is 15.2 Å². The standard InChI is InChI=1S/C11H13N3OS2/c1-8-3-2-4-9(7-8)12-10-13-14-11(17-10)16-6-5-15/h2-4,7,15H,5-6H2,1H3,(H,12,13). The Kier molecular flexibility index (Phi) is 4.36. The second-order valence-electron chi connectivity index (χ2n) is 3.44. The molecule has 0 saturated carbocycles. The van der Waals surface area contributed by atoms with Gasteiger partial charge in [-0.1, -0.05) is 35.2 Å². The van der Waals surface area contributed by atoms with Crippen LogP contribution < -0.4 is 5.32 Å². The zero-order chi connectivity index (χ0) is 12.1. The molecule has 0 unspecified atom stereocenters. The van der Waals surface area contributed by atoms with Gasteiger partial charge in [-0.25, -0.2) is 0 Å². The van der Waals surface area contributed by atoms with E-state index in [4.69, 9.17) is 5.11 Å². The van der Waals surface area contributed by atoms with Crippen LogP contribution in [0.4, 0.5) is 10.8 Å². The number of nitrogens with one attached hydrogen (secondary N) is 1. The second-order valence-corrected chi connectivity index (χ2v) is 5.76. The summed E-state index contributed by atoms with van der Waals surface area (Å²) >= 11 is 3.00. The Morgan fingerprint density at radius 1 is 1.41 bits per heavy atom. The topological polar surface area (TPSA) is 58.0 Å². The maximum atomic E-state index is 8.72. The third kappa shape index (κ3) is 3.69. The lowest BCUT2D eigenvalue weighted by molar-refractivity contribution is 0.322. The lowest BCUT2D eigenvalue weighted by Crippen LogP contribution is -1.89. The van der Waals surface area contributed by atoms with Crippen molar-refractivity contribution < 1.29 is 5.11 Å². The average Bonchev–Trinajstić information content (AvgIpc) is 2.74. The lowest BCUT2D eigenvalue weighted by atomic mass is 10.2. The monoisotopic (exact) mass is 267 g/mol. The van der Waals surface area contributed by atoms with Crippen LogP contribution in [0, 0.1) is 6.92 Å². The highest BCUT2D eigenvalue weighted by molar-refractivity contribution is 8.01. The van der Waals surface area contributed by atoms with E-state index >= 15 is 0 Å². The number of hydrogen-bond acceptors (Lipinski definition) is 6. The van der Waals surface area contributed by atoms with Crippen molar-refractivity contribution in [1.29, 1.82) is 0 Å². The van der Waals surface area contributed by atoms with Crippen LogP contribution in [-0.2, 0) is 0 Å². The van der Waals surface area contributed by atoms with E-state index in [9.17, 15) is 0 Å². The molecule has 90 valence electrons. The number of aliphatic hydroxyl groups excluding tert-OH is 1. The Labute approximate surface area is 108 Å². The molecule has 0 aliphatic heterocycles. The van der Waals surface area contributed by atoms with Crippen LogP contribution in [0.15, 0.2) is 28.6 Å². The first-order valence-electron chi connectivity index (χ1n) is 5.19. The molecule has 0 spiro atoms. The van der Waals surface area contributed by atoms with E-state index in [1.165, 1.54) is 28.7 Å². The summed E-state index contributed by atoms with van der Waals surface area (Å²) < 4.78 is 0.870. The summed E-state index contributed by atoms with van der Waals surface area (Å²) in [4.78, 5) is 0. The summed E-state index contributed by atoms with van der Waals surface area (Å²) in [6.45, 7) is 2.21. The van der Waals surface area contributed by atoms with Gasteiger partial charge in [-0.05, 0) is 24.6 Å². The fourth-order valence-electron chi connectivity index (χ4n) is 1.30. The molecule has 0 radical (unpaired) electrons. The predicted molar refractivity (Wildman–Crippen MR) is 72.2 cm³/mol. The van der Waals surface area contributed by atoms with Crippen LogP contribution >= 0.6 is 23.1 Å². The van der Waals surface area contributed by atoms with Crippen molar-refractivity contribution in [2.45, 2.75) is 11.3 Å². The maximum absolute atomic E-state index is 8.72. The molecule has 1 heterocycles. The van der Waals surface area contributed by atoms with Gasteiger partial charge in [-0.15, -0.1) is 10.2 Å². The number of benzene rings is 1. The highest BCUT2D eigenvalue weighted by atomic mass is 32.2. The molecule has 4 nitrogen and oxygen atoms in total. The van der Waals surface area contributed by atoms with Crippen LogP contribution in [-0.4, -0.2) is 27.7 Å². The van der Waals surface area contributed by atoms with Gasteiger partial charge in [0.25, 0.3) is 0 Å². The Morgan fingerprint density at radius 3 is 3.06 bits per heavy atom. The largest absolute Gasteiger partial charge is 0.396 e. The molecule has 17 heavy (non-hydrogen) atoms. The Morgan fingerprint density at radius 2 is 2.29 bits per heavy atom. The van der Waals surface area contributed by atoms with E-state index in [1.807, 2.05) is 25.1 Å². The lowest BCUT2D eigenvalue weighted by Gasteiger charge is -2.01. The molecule has 0 atom stereocenters. The van der Waals surface area contributed by atoms with Crippen molar-refractivity contribution in [3.05, 3.63) is 29.8 Å². The maximum Gasteiger partial charge on any atom is 0.210 e. The zero-order valence-corrected chi connectivity index (χ0v) is 11.0. The molecule has 0 amide bonds. The second kappa shape index (κ2) is 6.00. The molecule has 2 N–H and O–H groups in total. The number of aromatic nitrogens is 2. The van der Waals surface area contributed by atoms with Crippen LogP contribution in [0.25, 0.3) is 0 Å². The molecule has 0 aliphatic carbocycles. The van der Waals surface area contributed by atoms with Crippen LogP contribution in [0.2, 0.25) is 0 Å². The fraction of sp³-hybridized carbons (Fsp3) is 0.273. The first-order chi connectivity index (χ1) is 8.28. The van der Waals surface area contributed by atoms with Gasteiger partial charge in [0, 0.05) is 11.4 Å². The van der Waals surface area contributed by atoms with Crippen molar-refractivity contribution in [3.8, 4) is 0 Å². The Bertz CT molecular complexity index is 487. The van der Waals surface area contributed by atoms with Crippen molar-refractivity contribution >= 4 is 33.9 Å². The van der Waals surface area contributed by atoms with Gasteiger partial charge in [0.1, 0.15) is 0 Å². The van der Waals surface area contributed by atoms with Crippen molar-refractivity contribution in [2.75, 3.05) is 17.7 Å². The molecule has 1 aromatic heterocycles. The number of anilines is 2. The first kappa shape index (κ1) is 12.3. The van der Waals surface area contributed by atoms with Gasteiger partial charge in [-0.2, -0.15) is 0 Å². The van der Waals surface area contributed by atoms with E-state index in [2.05, 4.69) is 21.6 Å². The number of aliphatic hydroxyl groups is 1. The number of nitrogens with zero attached hydrogens (tertiary/aromatic N) is 2. The van der Waals surface area contributed by atoms with Gasteiger partial charge in [0.05, 0.1) is 6.61 Å². The quantitative estimate of drug-likeness (QED) is 0.816. The predicted octanol–water partition coefficient (Wildman–Crippen LogP) is 2.67. The van der Waals surface area contributed by atoms with Gasteiger partial charge >= 0.3 is 0 Å². The zero-order valence-electron chi connectivity index (χ0n) is 9.38. The van der Waals surface area contributed by atoms with Gasteiger partial charge in [0.2, 0.25) is 5.13 Å². The summed E-state index contributed by atoms with van der Waals surface area (Å²) in [7, 11) is 0. The minimum absolute atomic E-state index is 0.158. The molecule has 0 aliphatic rings. The van der Waals surface area contributed by atoms with E-state index in [0.29, 0.717) is 5.75 Å². The van der Waals surface area contributed by atoms with Crippen molar-refractivity contribution in [1.82, 2.24) is 10.2 Å². The normalized spacial score (nSPS) is 10.5.